The summed E-state index contributed by atoms with van der Waals surface area (Å²) in [6.45, 7) is 0.587. The summed E-state index contributed by atoms with van der Waals surface area (Å²) < 4.78 is 42.9. The summed E-state index contributed by atoms with van der Waals surface area (Å²) in [6.07, 6.45) is -2.25. The van der Waals surface area contributed by atoms with Crippen LogP contribution in [-0.2, 0) is 6.42 Å². The maximum atomic E-state index is 12.6. The number of hydrogen-bond acceptors (Lipinski definition) is 2. The fraction of sp³-hybridized carbons (Fsp3) is 0.263. The van der Waals surface area contributed by atoms with Crippen molar-refractivity contribution in [2.24, 2.45) is 5.73 Å². The number of benzene rings is 2. The van der Waals surface area contributed by atoms with Crippen molar-refractivity contribution >= 4 is 33.5 Å². The van der Waals surface area contributed by atoms with Crippen molar-refractivity contribution in [3.05, 3.63) is 51.6 Å². The summed E-state index contributed by atoms with van der Waals surface area (Å²) in [7, 11) is 0. The van der Waals surface area contributed by atoms with Crippen molar-refractivity contribution in [3.63, 3.8) is 0 Å². The van der Waals surface area contributed by atoms with E-state index in [9.17, 15) is 13.2 Å². The number of H-pyrrole nitrogens is 1. The number of nitrogens with two attached hydrogens (primary N) is 1. The summed E-state index contributed by atoms with van der Waals surface area (Å²) in [5.74, 6) is -0.210. The molecule has 0 radical (unpaired) electrons. The molecule has 138 valence electrons. The number of nitrogens with one attached hydrogen (secondary N) is 1. The zero-order chi connectivity index (χ0) is 18.7. The number of rotatable bonds is 6. The van der Waals surface area contributed by atoms with Crippen LogP contribution in [0.4, 0.5) is 13.2 Å². The third kappa shape index (κ3) is 4.50. The smallest absolute Gasteiger partial charge is 0.406 e. The van der Waals surface area contributed by atoms with Gasteiger partial charge in [0.25, 0.3) is 0 Å². The molecule has 3 nitrogen and oxygen atoms in total. The van der Waals surface area contributed by atoms with Crippen LogP contribution in [0.15, 0.2) is 42.5 Å². The maximum Gasteiger partial charge on any atom is 0.573 e. The van der Waals surface area contributed by atoms with E-state index in [1.54, 1.807) is 6.07 Å². The van der Waals surface area contributed by atoms with E-state index < -0.39 is 6.36 Å². The molecule has 3 N–H and O–H groups in total. The minimum atomic E-state index is -4.71. The summed E-state index contributed by atoms with van der Waals surface area (Å²) in [6, 6.07) is 12.4. The highest BCUT2D eigenvalue weighted by atomic mass is 127. The molecule has 2 aromatic carbocycles. The molecule has 0 aliphatic carbocycles. The van der Waals surface area contributed by atoms with Crippen LogP contribution in [0, 0.1) is 3.57 Å². The number of aromatic nitrogens is 1. The van der Waals surface area contributed by atoms with Crippen LogP contribution < -0.4 is 10.5 Å². The Bertz CT molecular complexity index is 888. The van der Waals surface area contributed by atoms with Crippen molar-refractivity contribution in [1.82, 2.24) is 4.98 Å². The Hall–Kier alpha value is -1.74. The number of halogens is 4. The van der Waals surface area contributed by atoms with Crippen molar-refractivity contribution in [2.75, 3.05) is 6.54 Å². The van der Waals surface area contributed by atoms with Crippen molar-refractivity contribution in [2.45, 2.75) is 25.6 Å². The van der Waals surface area contributed by atoms with Crippen LogP contribution in [0.1, 0.15) is 18.4 Å². The average molecular weight is 474 g/mol. The fourth-order valence-corrected chi connectivity index (χ4v) is 3.35. The van der Waals surface area contributed by atoms with E-state index in [4.69, 9.17) is 5.73 Å². The van der Waals surface area contributed by atoms with Gasteiger partial charge in [-0.1, -0.05) is 12.1 Å². The third-order valence-electron chi connectivity index (χ3n) is 4.12. The first-order chi connectivity index (χ1) is 12.4. The van der Waals surface area contributed by atoms with E-state index in [2.05, 4.69) is 32.3 Å². The van der Waals surface area contributed by atoms with Gasteiger partial charge < -0.3 is 15.5 Å². The molecule has 26 heavy (non-hydrogen) atoms. The predicted molar refractivity (Wildman–Crippen MR) is 105 cm³/mol. The van der Waals surface area contributed by atoms with E-state index in [0.717, 1.165) is 50.6 Å². The van der Waals surface area contributed by atoms with E-state index >= 15 is 0 Å². The Labute approximate surface area is 162 Å². The molecular weight excluding hydrogens is 456 g/mol. The van der Waals surface area contributed by atoms with Gasteiger partial charge in [-0.05, 0) is 89.9 Å². The highest BCUT2D eigenvalue weighted by molar-refractivity contribution is 14.1. The van der Waals surface area contributed by atoms with Gasteiger partial charge in [0.2, 0.25) is 0 Å². The van der Waals surface area contributed by atoms with Gasteiger partial charge in [0.05, 0.1) is 0 Å². The quantitative estimate of drug-likeness (QED) is 0.360. The number of fused-ring (bicyclic) bond motifs is 1. The lowest BCUT2D eigenvalue weighted by molar-refractivity contribution is -0.274. The highest BCUT2D eigenvalue weighted by Crippen LogP contribution is 2.35. The minimum Gasteiger partial charge on any atom is -0.406 e. The number of aryl methyl sites for hydroxylation is 1. The van der Waals surface area contributed by atoms with Gasteiger partial charge in [0.1, 0.15) is 5.75 Å². The van der Waals surface area contributed by atoms with E-state index in [1.165, 1.54) is 12.1 Å². The summed E-state index contributed by atoms with van der Waals surface area (Å²) in [5, 5.41) is 0.748. The SMILES string of the molecule is NCCCCc1c(-c2ccc(I)cc2)[nH]c2ccc(OC(F)(F)F)cc12. The first-order valence-electron chi connectivity index (χ1n) is 8.24. The van der Waals surface area contributed by atoms with Gasteiger partial charge in [-0.2, -0.15) is 0 Å². The molecule has 0 unspecified atom stereocenters. The molecule has 0 aliphatic rings. The Morgan fingerprint density at radius 1 is 1.04 bits per heavy atom. The molecule has 0 bridgehead atoms. The molecule has 3 aromatic rings. The first-order valence-corrected chi connectivity index (χ1v) is 9.31. The first kappa shape index (κ1) is 19.0. The standard InChI is InChI=1S/C19H18F3IN2O/c20-19(21,22)26-14-8-9-17-16(11-14)15(3-1-2-10-24)18(25-17)12-4-6-13(23)7-5-12/h4-9,11,25H,1-3,10,24H2. The number of alkyl halides is 3. The molecule has 7 heteroatoms. The molecule has 0 spiro atoms. The van der Waals surface area contributed by atoms with Crippen LogP contribution in [0.3, 0.4) is 0 Å². The van der Waals surface area contributed by atoms with E-state index in [0.29, 0.717) is 6.54 Å². The van der Waals surface area contributed by atoms with E-state index in [-0.39, 0.29) is 5.75 Å². The molecule has 1 heterocycles. The summed E-state index contributed by atoms with van der Waals surface area (Å²) >= 11 is 2.24. The third-order valence-corrected chi connectivity index (χ3v) is 4.84. The maximum absolute atomic E-state index is 12.6. The predicted octanol–water partition coefficient (Wildman–Crippen LogP) is 5.62. The Balaban J connectivity index is 2.07. The second-order valence-electron chi connectivity index (χ2n) is 5.99. The number of hydrogen-bond donors (Lipinski definition) is 2. The Kier molecular flexibility index (Phi) is 5.76. The van der Waals surface area contributed by atoms with Crippen molar-refractivity contribution in [1.29, 1.82) is 0 Å². The van der Waals surface area contributed by atoms with Crippen LogP contribution in [0.5, 0.6) is 5.75 Å². The van der Waals surface area contributed by atoms with Crippen LogP contribution in [0.2, 0.25) is 0 Å². The Morgan fingerprint density at radius 3 is 2.42 bits per heavy atom. The monoisotopic (exact) mass is 474 g/mol. The number of aromatic amines is 1. The topological polar surface area (TPSA) is 51.0 Å². The lowest BCUT2D eigenvalue weighted by Gasteiger charge is -2.09. The molecule has 3 rings (SSSR count). The zero-order valence-corrected chi connectivity index (χ0v) is 16.0. The molecule has 0 fully saturated rings. The number of unbranched alkanes of at least 4 members (excludes halogenated alkanes) is 1. The zero-order valence-electron chi connectivity index (χ0n) is 13.9. The lowest BCUT2D eigenvalue weighted by atomic mass is 10.0. The van der Waals surface area contributed by atoms with Gasteiger partial charge in [-0.3, -0.25) is 0 Å². The average Bonchev–Trinajstić information content (AvgIpc) is 2.92. The summed E-state index contributed by atoms with van der Waals surface area (Å²) in [4.78, 5) is 3.35. The lowest BCUT2D eigenvalue weighted by Crippen LogP contribution is -2.16. The van der Waals surface area contributed by atoms with Crippen LogP contribution in [0.25, 0.3) is 22.2 Å². The second kappa shape index (κ2) is 7.87. The van der Waals surface area contributed by atoms with Gasteiger partial charge in [-0.15, -0.1) is 13.2 Å². The fourth-order valence-electron chi connectivity index (χ4n) is 2.99. The Morgan fingerprint density at radius 2 is 1.77 bits per heavy atom. The van der Waals surface area contributed by atoms with E-state index in [1.807, 2.05) is 24.3 Å². The molecule has 1 aromatic heterocycles. The molecule has 0 atom stereocenters. The minimum absolute atomic E-state index is 0.210. The van der Waals surface area contributed by atoms with Gasteiger partial charge in [0, 0.05) is 20.2 Å². The van der Waals surface area contributed by atoms with Crippen molar-refractivity contribution < 1.29 is 17.9 Å². The van der Waals surface area contributed by atoms with Crippen LogP contribution >= 0.6 is 22.6 Å². The van der Waals surface area contributed by atoms with Crippen molar-refractivity contribution in [3.8, 4) is 17.0 Å². The molecule has 0 saturated heterocycles. The molecule has 0 saturated carbocycles. The van der Waals surface area contributed by atoms with Gasteiger partial charge in [-0.25, -0.2) is 0 Å². The second-order valence-corrected chi connectivity index (χ2v) is 7.23. The van der Waals surface area contributed by atoms with Crippen LogP contribution in [-0.4, -0.2) is 17.9 Å². The largest absolute Gasteiger partial charge is 0.573 e. The molecule has 0 aliphatic heterocycles. The number of ether oxygens (including phenoxy) is 1. The highest BCUT2D eigenvalue weighted by Gasteiger charge is 2.31. The molecule has 0 amide bonds. The molecular formula is C19H18F3IN2O. The van der Waals surface area contributed by atoms with Gasteiger partial charge >= 0.3 is 6.36 Å². The normalized spacial score (nSPS) is 11.9. The summed E-state index contributed by atoms with van der Waals surface area (Å²) in [5.41, 5.74) is 9.29. The van der Waals surface area contributed by atoms with Gasteiger partial charge in [0.15, 0.2) is 0 Å².